The van der Waals surface area contributed by atoms with Gasteiger partial charge in [0, 0.05) is 17.3 Å². The Balaban J connectivity index is 1.75. The lowest BCUT2D eigenvalue weighted by molar-refractivity contribution is 0.305. The zero-order valence-corrected chi connectivity index (χ0v) is 17.1. The van der Waals surface area contributed by atoms with Crippen LogP contribution in [0.3, 0.4) is 0 Å². The number of benzene rings is 1. The highest BCUT2D eigenvalue weighted by Crippen LogP contribution is 2.43. The van der Waals surface area contributed by atoms with Gasteiger partial charge in [0.05, 0.1) is 10.2 Å². The van der Waals surface area contributed by atoms with Crippen molar-refractivity contribution in [1.82, 2.24) is 9.97 Å². The molecule has 4 N–H and O–H groups in total. The van der Waals surface area contributed by atoms with Crippen LogP contribution in [0.15, 0.2) is 61.2 Å². The van der Waals surface area contributed by atoms with E-state index >= 15 is 0 Å². The Labute approximate surface area is 170 Å². The second-order valence-electron chi connectivity index (χ2n) is 6.57. The van der Waals surface area contributed by atoms with Gasteiger partial charge in [-0.2, -0.15) is 4.99 Å². The molecule has 0 saturated heterocycles. The Kier molecular flexibility index (Phi) is 5.05. The maximum absolute atomic E-state index is 6.36. The summed E-state index contributed by atoms with van der Waals surface area (Å²) in [6.07, 6.45) is 8.66. The highest BCUT2D eigenvalue weighted by atomic mass is 79.9. The summed E-state index contributed by atoms with van der Waals surface area (Å²) >= 11 is 4.86. The average molecular weight is 446 g/mol. The molecule has 0 radical (unpaired) electrons. The van der Waals surface area contributed by atoms with Crippen molar-refractivity contribution in [2.24, 2.45) is 21.5 Å². The number of guanidine groups is 2. The highest BCUT2D eigenvalue weighted by Gasteiger charge is 2.43. The molecule has 2 aliphatic rings. The molecule has 7 nitrogen and oxygen atoms in total. The monoisotopic (exact) mass is 445 g/mol. The SMILES string of the molecule is NC1=NC2(CCCCC2)N(c2ccccc2Sc2ncc(Br)cn2)C(N)=N1. The van der Waals surface area contributed by atoms with E-state index in [4.69, 9.17) is 16.5 Å². The second-order valence-corrected chi connectivity index (χ2v) is 8.50. The van der Waals surface area contributed by atoms with Crippen LogP contribution in [0.25, 0.3) is 0 Å². The van der Waals surface area contributed by atoms with Crippen molar-refractivity contribution in [1.29, 1.82) is 0 Å². The minimum absolute atomic E-state index is 0.257. The van der Waals surface area contributed by atoms with E-state index in [1.807, 2.05) is 29.2 Å². The highest BCUT2D eigenvalue weighted by molar-refractivity contribution is 9.10. The van der Waals surface area contributed by atoms with E-state index in [0.717, 1.165) is 40.7 Å². The number of aliphatic imine (C=N–C) groups is 2. The summed E-state index contributed by atoms with van der Waals surface area (Å²) in [5, 5.41) is 0.666. The number of hydrogen-bond donors (Lipinski definition) is 2. The van der Waals surface area contributed by atoms with E-state index in [0.29, 0.717) is 11.1 Å². The molecular weight excluding hydrogens is 426 g/mol. The van der Waals surface area contributed by atoms with Crippen molar-refractivity contribution in [3.05, 3.63) is 41.1 Å². The van der Waals surface area contributed by atoms with Crippen molar-refractivity contribution in [3.63, 3.8) is 0 Å². The van der Waals surface area contributed by atoms with Gasteiger partial charge in [-0.3, -0.25) is 4.90 Å². The Hall–Kier alpha value is -2.13. The van der Waals surface area contributed by atoms with Gasteiger partial charge in [-0.05, 0) is 65.5 Å². The molecule has 1 aromatic heterocycles. The predicted octanol–water partition coefficient (Wildman–Crippen LogP) is 3.50. The van der Waals surface area contributed by atoms with Gasteiger partial charge in [0.2, 0.25) is 11.9 Å². The molecule has 0 atom stereocenters. The molecule has 0 amide bonds. The van der Waals surface area contributed by atoms with Crippen molar-refractivity contribution in [2.45, 2.75) is 47.8 Å². The van der Waals surface area contributed by atoms with Crippen LogP contribution in [0.1, 0.15) is 32.1 Å². The van der Waals surface area contributed by atoms with E-state index in [2.05, 4.69) is 30.9 Å². The third-order valence-electron chi connectivity index (χ3n) is 4.76. The first kappa shape index (κ1) is 18.2. The van der Waals surface area contributed by atoms with Gasteiger partial charge in [-0.1, -0.05) is 18.6 Å². The van der Waals surface area contributed by atoms with E-state index < -0.39 is 5.66 Å². The van der Waals surface area contributed by atoms with E-state index in [-0.39, 0.29) is 5.96 Å². The summed E-state index contributed by atoms with van der Waals surface area (Å²) < 4.78 is 0.846. The number of nitrogens with two attached hydrogens (primary N) is 2. The fourth-order valence-corrected chi connectivity index (χ4v) is 4.67. The fourth-order valence-electron chi connectivity index (χ4n) is 3.65. The summed E-state index contributed by atoms with van der Waals surface area (Å²) in [4.78, 5) is 20.8. The normalized spacial score (nSPS) is 18.9. The predicted molar refractivity (Wildman–Crippen MR) is 112 cm³/mol. The van der Waals surface area contributed by atoms with Gasteiger partial charge in [-0.25, -0.2) is 15.0 Å². The summed E-state index contributed by atoms with van der Waals surface area (Å²) in [5.74, 6) is 0.640. The van der Waals surface area contributed by atoms with Crippen molar-refractivity contribution in [3.8, 4) is 0 Å². The number of aromatic nitrogens is 2. The van der Waals surface area contributed by atoms with Crippen LogP contribution in [0.4, 0.5) is 5.69 Å². The number of rotatable bonds is 3. The molecule has 4 rings (SSSR count). The first-order valence-corrected chi connectivity index (χ1v) is 10.4. The summed E-state index contributed by atoms with van der Waals surface area (Å²) in [6, 6.07) is 8.06. The van der Waals surface area contributed by atoms with Crippen LogP contribution < -0.4 is 16.4 Å². The quantitative estimate of drug-likeness (QED) is 0.700. The molecule has 1 spiro atoms. The summed E-state index contributed by atoms with van der Waals surface area (Å²) in [7, 11) is 0. The molecule has 27 heavy (non-hydrogen) atoms. The number of para-hydroxylation sites is 1. The molecule has 140 valence electrons. The lowest BCUT2D eigenvalue weighted by atomic mass is 9.87. The van der Waals surface area contributed by atoms with Crippen molar-refractivity contribution >= 4 is 45.3 Å². The van der Waals surface area contributed by atoms with Gasteiger partial charge >= 0.3 is 0 Å². The maximum atomic E-state index is 6.36. The minimum atomic E-state index is -0.467. The largest absolute Gasteiger partial charge is 0.369 e. The molecule has 1 fully saturated rings. The molecular formula is C18H20BrN7S. The topological polar surface area (TPSA) is 106 Å². The smallest absolute Gasteiger partial charge is 0.220 e. The fraction of sp³-hybridized carbons (Fsp3) is 0.333. The van der Waals surface area contributed by atoms with Gasteiger partial charge in [0.15, 0.2) is 5.16 Å². The Morgan fingerprint density at radius 3 is 2.48 bits per heavy atom. The van der Waals surface area contributed by atoms with Gasteiger partial charge in [-0.15, -0.1) is 0 Å². The zero-order valence-electron chi connectivity index (χ0n) is 14.7. The number of halogens is 1. The van der Waals surface area contributed by atoms with E-state index in [1.165, 1.54) is 18.2 Å². The standard InChI is InChI=1S/C18H20BrN7S/c19-12-10-22-17(23-11-12)27-14-7-3-2-6-13(14)26-16(21)24-15(20)25-18(26)8-4-1-5-9-18/h2-3,6-7,10-11H,1,4-5,8-9H2,(H4,20,21,24,25). The zero-order chi connectivity index (χ0) is 18.9. The maximum Gasteiger partial charge on any atom is 0.220 e. The van der Waals surface area contributed by atoms with Crippen LogP contribution in [0, 0.1) is 0 Å². The molecule has 1 aromatic carbocycles. The minimum Gasteiger partial charge on any atom is -0.369 e. The van der Waals surface area contributed by atoms with Crippen LogP contribution >= 0.6 is 27.7 Å². The van der Waals surface area contributed by atoms with Crippen LogP contribution in [-0.4, -0.2) is 27.5 Å². The molecule has 1 aliphatic heterocycles. The molecule has 0 bridgehead atoms. The van der Waals surface area contributed by atoms with Gasteiger partial charge in [0.1, 0.15) is 5.66 Å². The molecule has 9 heteroatoms. The molecule has 0 unspecified atom stereocenters. The molecule has 1 aliphatic carbocycles. The van der Waals surface area contributed by atoms with Gasteiger partial charge in [0.25, 0.3) is 0 Å². The average Bonchev–Trinajstić information content (AvgIpc) is 2.65. The molecule has 2 heterocycles. The first-order valence-electron chi connectivity index (χ1n) is 8.82. The Morgan fingerprint density at radius 2 is 1.74 bits per heavy atom. The van der Waals surface area contributed by atoms with Crippen molar-refractivity contribution in [2.75, 3.05) is 4.90 Å². The van der Waals surface area contributed by atoms with Crippen LogP contribution in [0.2, 0.25) is 0 Å². The van der Waals surface area contributed by atoms with E-state index in [1.54, 1.807) is 12.4 Å². The lowest BCUT2D eigenvalue weighted by Crippen LogP contribution is -2.58. The van der Waals surface area contributed by atoms with E-state index in [9.17, 15) is 0 Å². The van der Waals surface area contributed by atoms with Crippen LogP contribution in [0.5, 0.6) is 0 Å². The Morgan fingerprint density at radius 1 is 1.04 bits per heavy atom. The third-order valence-corrected chi connectivity index (χ3v) is 6.12. The summed E-state index contributed by atoms with van der Waals surface area (Å²) in [6.45, 7) is 0. The number of nitrogens with zero attached hydrogens (tertiary/aromatic N) is 5. The van der Waals surface area contributed by atoms with Gasteiger partial charge < -0.3 is 11.5 Å². The summed E-state index contributed by atoms with van der Waals surface area (Å²) in [5.41, 5.74) is 12.8. The van der Waals surface area contributed by atoms with Crippen molar-refractivity contribution < 1.29 is 0 Å². The lowest BCUT2D eigenvalue weighted by Gasteiger charge is -2.46. The number of anilines is 1. The second kappa shape index (κ2) is 7.47. The molecule has 2 aromatic rings. The third kappa shape index (κ3) is 3.66. The first-order chi connectivity index (χ1) is 13.1. The Bertz CT molecular complexity index is 891. The number of hydrogen-bond acceptors (Lipinski definition) is 8. The van der Waals surface area contributed by atoms with Crippen LogP contribution in [-0.2, 0) is 0 Å². The molecule has 1 saturated carbocycles.